The molecule has 0 fully saturated rings. The lowest BCUT2D eigenvalue weighted by Gasteiger charge is -2.19. The Kier molecular flexibility index (Phi) is 7.86. The summed E-state index contributed by atoms with van der Waals surface area (Å²) in [5.41, 5.74) is 0.830. The minimum atomic E-state index is -0.548. The summed E-state index contributed by atoms with van der Waals surface area (Å²) in [4.78, 5) is 36.4. The van der Waals surface area contributed by atoms with Crippen LogP contribution < -0.4 is 5.32 Å². The Labute approximate surface area is 176 Å². The maximum atomic E-state index is 12.5. The zero-order valence-corrected chi connectivity index (χ0v) is 18.2. The molecule has 1 aromatic carbocycles. The number of nitrogens with one attached hydrogen (secondary N) is 1. The molecule has 164 valence electrons. The van der Waals surface area contributed by atoms with E-state index >= 15 is 0 Å². The number of methoxy groups -OCH3 is 2. The van der Waals surface area contributed by atoms with E-state index in [1.54, 1.807) is 33.0 Å². The lowest BCUT2D eigenvalue weighted by Crippen LogP contribution is -2.33. The van der Waals surface area contributed by atoms with Crippen molar-refractivity contribution in [1.82, 2.24) is 9.88 Å². The number of unbranched alkanes of at least 4 members (excludes halogenated alkanes) is 1. The molecule has 0 bridgehead atoms. The van der Waals surface area contributed by atoms with Crippen molar-refractivity contribution in [3.05, 3.63) is 36.0 Å². The first kappa shape index (κ1) is 23.3. The molecule has 8 heteroatoms. The Morgan fingerprint density at radius 1 is 1.07 bits per heavy atom. The average molecular weight is 418 g/mol. The molecule has 0 radical (unpaired) electrons. The molecule has 8 nitrogen and oxygen atoms in total. The fourth-order valence-electron chi connectivity index (χ4n) is 3.25. The van der Waals surface area contributed by atoms with Gasteiger partial charge < -0.3 is 19.5 Å². The van der Waals surface area contributed by atoms with Crippen molar-refractivity contribution >= 4 is 29.1 Å². The van der Waals surface area contributed by atoms with Crippen LogP contribution in [0.1, 0.15) is 51.5 Å². The fourth-order valence-corrected chi connectivity index (χ4v) is 3.25. The minimum Gasteiger partial charge on any atom is -0.469 e. The molecule has 2 rings (SSSR count). The van der Waals surface area contributed by atoms with E-state index in [0.717, 1.165) is 5.39 Å². The van der Waals surface area contributed by atoms with Crippen molar-refractivity contribution in [3.63, 3.8) is 0 Å². The number of aromatic nitrogens is 1. The summed E-state index contributed by atoms with van der Waals surface area (Å²) in [6.45, 7) is 5.85. The largest absolute Gasteiger partial charge is 0.469 e. The van der Waals surface area contributed by atoms with Crippen LogP contribution in [-0.2, 0) is 19.0 Å². The van der Waals surface area contributed by atoms with E-state index in [1.807, 2.05) is 18.2 Å². The first-order valence-electron chi connectivity index (χ1n) is 9.91. The van der Waals surface area contributed by atoms with E-state index in [2.05, 4.69) is 5.32 Å². The molecule has 1 unspecified atom stereocenters. The number of rotatable bonds is 7. The highest BCUT2D eigenvalue weighted by Gasteiger charge is 2.26. The molecular formula is C22H30N2O6. The fraction of sp³-hybridized carbons (Fsp3) is 0.500. The Hall–Kier alpha value is -3.03. The zero-order valence-electron chi connectivity index (χ0n) is 18.2. The maximum Gasteiger partial charge on any atom is 0.418 e. The van der Waals surface area contributed by atoms with Gasteiger partial charge in [-0.2, -0.15) is 0 Å². The molecule has 1 aromatic heterocycles. The van der Waals surface area contributed by atoms with E-state index in [-0.39, 0.29) is 5.97 Å². The van der Waals surface area contributed by atoms with Crippen molar-refractivity contribution in [2.45, 2.75) is 51.6 Å². The monoisotopic (exact) mass is 418 g/mol. The SMILES string of the molecule is COC(=O)C(CCCCNC(=O)OC(C)(C)C)c1cn(C(=O)OC)c2ccccc12. The first-order valence-corrected chi connectivity index (χ1v) is 9.91. The normalized spacial score (nSPS) is 12.3. The Morgan fingerprint density at radius 3 is 2.40 bits per heavy atom. The first-order chi connectivity index (χ1) is 14.2. The van der Waals surface area contributed by atoms with Crippen molar-refractivity contribution in [2.75, 3.05) is 20.8 Å². The molecule has 0 aliphatic heterocycles. The van der Waals surface area contributed by atoms with Crippen molar-refractivity contribution in [2.24, 2.45) is 0 Å². The number of fused-ring (bicyclic) bond motifs is 1. The van der Waals surface area contributed by atoms with Gasteiger partial charge in [-0.05, 0) is 45.2 Å². The van der Waals surface area contributed by atoms with Gasteiger partial charge in [-0.1, -0.05) is 24.6 Å². The van der Waals surface area contributed by atoms with Gasteiger partial charge in [-0.25, -0.2) is 9.59 Å². The van der Waals surface area contributed by atoms with Crippen molar-refractivity contribution in [1.29, 1.82) is 0 Å². The van der Waals surface area contributed by atoms with Gasteiger partial charge in [0.05, 0.1) is 25.7 Å². The van der Waals surface area contributed by atoms with Crippen molar-refractivity contribution in [3.8, 4) is 0 Å². The third-order valence-corrected chi connectivity index (χ3v) is 4.56. The summed E-state index contributed by atoms with van der Waals surface area (Å²) >= 11 is 0. The summed E-state index contributed by atoms with van der Waals surface area (Å²) in [6, 6.07) is 7.34. The van der Waals surface area contributed by atoms with Gasteiger partial charge in [-0.15, -0.1) is 0 Å². The van der Waals surface area contributed by atoms with Gasteiger partial charge in [0.15, 0.2) is 0 Å². The number of amides is 1. The molecule has 0 spiro atoms. The number of para-hydroxylation sites is 1. The van der Waals surface area contributed by atoms with Gasteiger partial charge in [0.1, 0.15) is 5.60 Å². The third-order valence-electron chi connectivity index (χ3n) is 4.56. The van der Waals surface area contributed by atoms with Gasteiger partial charge in [0.2, 0.25) is 0 Å². The molecule has 1 amide bonds. The molecule has 0 saturated heterocycles. The zero-order chi connectivity index (χ0) is 22.3. The number of hydrogen-bond donors (Lipinski definition) is 1. The predicted octanol–water partition coefficient (Wildman–Crippen LogP) is 4.21. The number of nitrogens with zero attached hydrogens (tertiary/aromatic N) is 1. The van der Waals surface area contributed by atoms with E-state index in [0.29, 0.717) is 36.9 Å². The molecule has 0 aliphatic carbocycles. The molecule has 30 heavy (non-hydrogen) atoms. The quantitative estimate of drug-likeness (QED) is 0.411. The second-order valence-electron chi connectivity index (χ2n) is 7.94. The Morgan fingerprint density at radius 2 is 1.77 bits per heavy atom. The van der Waals surface area contributed by atoms with Crippen LogP contribution in [0.3, 0.4) is 0 Å². The number of ether oxygens (including phenoxy) is 3. The molecule has 1 heterocycles. The second-order valence-corrected chi connectivity index (χ2v) is 7.94. The van der Waals surface area contributed by atoms with Crippen LogP contribution in [0.15, 0.2) is 30.5 Å². The number of carbonyl (C=O) groups excluding carboxylic acids is 3. The Balaban J connectivity index is 2.09. The summed E-state index contributed by atoms with van der Waals surface area (Å²) in [5.74, 6) is -0.907. The number of hydrogen-bond acceptors (Lipinski definition) is 6. The Bertz CT molecular complexity index is 897. The van der Waals surface area contributed by atoms with Gasteiger partial charge in [0, 0.05) is 18.1 Å². The summed E-state index contributed by atoms with van der Waals surface area (Å²) < 4.78 is 16.5. The predicted molar refractivity (Wildman–Crippen MR) is 113 cm³/mol. The molecule has 0 saturated carbocycles. The highest BCUT2D eigenvalue weighted by Crippen LogP contribution is 2.32. The number of carbonyl (C=O) groups is 3. The number of benzene rings is 1. The van der Waals surface area contributed by atoms with Crippen LogP contribution in [0.5, 0.6) is 0 Å². The van der Waals surface area contributed by atoms with Crippen LogP contribution in [0.25, 0.3) is 10.9 Å². The van der Waals surface area contributed by atoms with Crippen LogP contribution >= 0.6 is 0 Å². The third kappa shape index (κ3) is 5.98. The maximum absolute atomic E-state index is 12.5. The topological polar surface area (TPSA) is 95.9 Å². The highest BCUT2D eigenvalue weighted by atomic mass is 16.6. The minimum absolute atomic E-state index is 0.372. The lowest BCUT2D eigenvalue weighted by atomic mass is 9.93. The highest BCUT2D eigenvalue weighted by molar-refractivity contribution is 5.95. The number of alkyl carbamates (subject to hydrolysis) is 1. The molecule has 1 atom stereocenters. The van der Waals surface area contributed by atoms with Gasteiger partial charge in [-0.3, -0.25) is 9.36 Å². The molecule has 2 aromatic rings. The summed E-state index contributed by atoms with van der Waals surface area (Å²) in [5, 5.41) is 3.51. The average Bonchev–Trinajstić information content (AvgIpc) is 3.07. The summed E-state index contributed by atoms with van der Waals surface area (Å²) in [7, 11) is 2.66. The molecule has 1 N–H and O–H groups in total. The summed E-state index contributed by atoms with van der Waals surface area (Å²) in [6.07, 6.45) is 2.50. The van der Waals surface area contributed by atoms with Crippen LogP contribution in [0, 0.1) is 0 Å². The van der Waals surface area contributed by atoms with Crippen LogP contribution in [0.4, 0.5) is 9.59 Å². The van der Waals surface area contributed by atoms with E-state index in [4.69, 9.17) is 14.2 Å². The van der Waals surface area contributed by atoms with Gasteiger partial charge >= 0.3 is 18.2 Å². The molecular weight excluding hydrogens is 388 g/mol. The number of esters is 1. The molecule has 0 aliphatic rings. The smallest absolute Gasteiger partial charge is 0.418 e. The van der Waals surface area contributed by atoms with E-state index in [9.17, 15) is 14.4 Å². The second kappa shape index (κ2) is 10.1. The van der Waals surface area contributed by atoms with Gasteiger partial charge in [0.25, 0.3) is 0 Å². The van der Waals surface area contributed by atoms with Crippen molar-refractivity contribution < 1.29 is 28.6 Å². The standard InChI is InChI=1S/C22H30N2O6/c1-22(2,3)30-20(26)23-13-9-8-11-16(19(25)28-4)17-14-24(21(27)29-5)18-12-7-6-10-15(17)18/h6-7,10,12,14,16H,8-9,11,13H2,1-5H3,(H,23,26). The van der Waals surface area contributed by atoms with Crippen LogP contribution in [-0.4, -0.2) is 49.1 Å². The lowest BCUT2D eigenvalue weighted by molar-refractivity contribution is -0.142. The van der Waals surface area contributed by atoms with Crippen LogP contribution in [0.2, 0.25) is 0 Å². The van der Waals surface area contributed by atoms with E-state index in [1.165, 1.54) is 18.8 Å². The van der Waals surface area contributed by atoms with E-state index < -0.39 is 23.7 Å².